The van der Waals surface area contributed by atoms with Crippen molar-refractivity contribution in [1.29, 1.82) is 0 Å². The fourth-order valence-corrected chi connectivity index (χ4v) is 3.36. The van der Waals surface area contributed by atoms with E-state index in [0.717, 1.165) is 37.3 Å². The summed E-state index contributed by atoms with van der Waals surface area (Å²) in [6.07, 6.45) is 0.629. The number of carbonyl (C=O) groups excluding carboxylic acids is 2. The number of hydrogen-bond donors (Lipinski definition) is 2. The van der Waals surface area contributed by atoms with Gasteiger partial charge in [-0.1, -0.05) is 42.5 Å². The molecule has 0 atom stereocenters. The third-order valence-corrected chi connectivity index (χ3v) is 5.10. The molecule has 0 saturated carbocycles. The first-order chi connectivity index (χ1) is 13.6. The van der Waals surface area contributed by atoms with Crippen molar-refractivity contribution in [2.75, 3.05) is 37.6 Å². The molecule has 0 radical (unpaired) electrons. The summed E-state index contributed by atoms with van der Waals surface area (Å²) >= 11 is 0. The number of hydrogen-bond acceptors (Lipinski definition) is 4. The van der Waals surface area contributed by atoms with Gasteiger partial charge in [-0.15, -0.1) is 0 Å². The normalized spacial score (nSPS) is 14.5. The van der Waals surface area contributed by atoms with Gasteiger partial charge in [0.2, 0.25) is 11.8 Å². The minimum absolute atomic E-state index is 0.163. The lowest BCUT2D eigenvalue weighted by molar-refractivity contribution is -0.128. The van der Waals surface area contributed by atoms with Crippen LogP contribution in [0, 0.1) is 6.92 Å². The highest BCUT2D eigenvalue weighted by molar-refractivity contribution is 5.83. The summed E-state index contributed by atoms with van der Waals surface area (Å²) in [6, 6.07) is 18.1. The summed E-state index contributed by atoms with van der Waals surface area (Å²) in [7, 11) is 0. The molecule has 1 aliphatic rings. The van der Waals surface area contributed by atoms with Gasteiger partial charge in [0.1, 0.15) is 0 Å². The molecule has 148 valence electrons. The molecule has 6 heteroatoms. The summed E-state index contributed by atoms with van der Waals surface area (Å²) in [4.78, 5) is 28.7. The number of hydrazine groups is 1. The van der Waals surface area contributed by atoms with Crippen LogP contribution in [0.4, 0.5) is 5.69 Å². The molecule has 0 aliphatic carbocycles. The van der Waals surface area contributed by atoms with E-state index in [0.29, 0.717) is 13.0 Å². The van der Waals surface area contributed by atoms with Crippen LogP contribution in [0.5, 0.6) is 0 Å². The van der Waals surface area contributed by atoms with Crippen molar-refractivity contribution in [3.05, 3.63) is 65.7 Å². The van der Waals surface area contributed by atoms with E-state index in [2.05, 4.69) is 44.9 Å². The number of rotatable bonds is 6. The Hall–Kier alpha value is -2.86. The minimum atomic E-state index is -0.209. The smallest absolute Gasteiger partial charge is 0.242 e. The van der Waals surface area contributed by atoms with Crippen molar-refractivity contribution in [3.63, 3.8) is 0 Å². The molecule has 0 bridgehead atoms. The van der Waals surface area contributed by atoms with Gasteiger partial charge in [0.15, 0.2) is 0 Å². The van der Waals surface area contributed by atoms with Crippen molar-refractivity contribution in [1.82, 2.24) is 15.8 Å². The molecule has 0 aromatic heterocycles. The largest absolute Gasteiger partial charge is 0.369 e. The van der Waals surface area contributed by atoms with Crippen LogP contribution in [0.25, 0.3) is 0 Å². The van der Waals surface area contributed by atoms with Crippen LogP contribution in [0.15, 0.2) is 54.6 Å². The molecule has 3 rings (SSSR count). The molecular weight excluding hydrogens is 352 g/mol. The zero-order valence-electron chi connectivity index (χ0n) is 16.4. The number of benzene rings is 2. The first kappa shape index (κ1) is 19.9. The molecule has 0 spiro atoms. The Bertz CT molecular complexity index is 786. The van der Waals surface area contributed by atoms with Gasteiger partial charge >= 0.3 is 0 Å². The van der Waals surface area contributed by atoms with Crippen LogP contribution in [0.2, 0.25) is 0 Å². The fraction of sp³-hybridized carbons (Fsp3) is 0.364. The third kappa shape index (κ3) is 5.82. The summed E-state index contributed by atoms with van der Waals surface area (Å²) in [6.45, 7) is 6.45. The maximum atomic E-state index is 12.0. The molecule has 1 heterocycles. The van der Waals surface area contributed by atoms with E-state index in [9.17, 15) is 9.59 Å². The number of amides is 2. The molecule has 2 aromatic carbocycles. The second kappa shape index (κ2) is 9.90. The number of para-hydroxylation sites is 1. The Morgan fingerprint density at radius 3 is 2.21 bits per heavy atom. The van der Waals surface area contributed by atoms with Crippen molar-refractivity contribution >= 4 is 17.5 Å². The molecule has 2 aromatic rings. The topological polar surface area (TPSA) is 64.7 Å². The quantitative estimate of drug-likeness (QED) is 0.752. The van der Waals surface area contributed by atoms with Crippen LogP contribution in [-0.4, -0.2) is 49.4 Å². The van der Waals surface area contributed by atoms with E-state index < -0.39 is 0 Å². The van der Waals surface area contributed by atoms with Crippen molar-refractivity contribution in [2.24, 2.45) is 0 Å². The van der Waals surface area contributed by atoms with Gasteiger partial charge in [-0.3, -0.25) is 25.3 Å². The van der Waals surface area contributed by atoms with Gasteiger partial charge in [0, 0.05) is 44.8 Å². The Labute approximate surface area is 166 Å². The molecule has 2 N–H and O–H groups in total. The molecule has 1 fully saturated rings. The minimum Gasteiger partial charge on any atom is -0.369 e. The predicted octanol–water partition coefficient (Wildman–Crippen LogP) is 1.90. The fourth-order valence-electron chi connectivity index (χ4n) is 3.36. The Kier molecular flexibility index (Phi) is 7.03. The van der Waals surface area contributed by atoms with Crippen molar-refractivity contribution in [2.45, 2.75) is 19.8 Å². The molecule has 1 saturated heterocycles. The number of nitrogens with one attached hydrogen (secondary N) is 2. The molecular formula is C22H28N4O2. The van der Waals surface area contributed by atoms with E-state index >= 15 is 0 Å². The lowest BCUT2D eigenvalue weighted by Gasteiger charge is -2.36. The number of piperazine rings is 1. The summed E-state index contributed by atoms with van der Waals surface area (Å²) < 4.78 is 0. The van der Waals surface area contributed by atoms with E-state index in [-0.39, 0.29) is 18.2 Å². The molecule has 6 nitrogen and oxygen atoms in total. The maximum absolute atomic E-state index is 12.0. The number of nitrogens with zero attached hydrogens (tertiary/aromatic N) is 2. The second-order valence-corrected chi connectivity index (χ2v) is 7.11. The van der Waals surface area contributed by atoms with Crippen LogP contribution in [-0.2, 0) is 16.0 Å². The van der Waals surface area contributed by atoms with E-state index in [4.69, 9.17) is 0 Å². The first-order valence-electron chi connectivity index (χ1n) is 9.76. The van der Waals surface area contributed by atoms with Crippen LogP contribution in [0.3, 0.4) is 0 Å². The highest BCUT2D eigenvalue weighted by Crippen LogP contribution is 2.15. The van der Waals surface area contributed by atoms with E-state index in [1.165, 1.54) is 5.69 Å². The molecule has 0 unspecified atom stereocenters. The zero-order valence-corrected chi connectivity index (χ0v) is 16.4. The number of carbonyl (C=O) groups is 2. The van der Waals surface area contributed by atoms with E-state index in [1.807, 2.05) is 37.3 Å². The lowest BCUT2D eigenvalue weighted by atomic mass is 10.1. The average molecular weight is 380 g/mol. The summed E-state index contributed by atoms with van der Waals surface area (Å²) in [5.74, 6) is -0.372. The zero-order chi connectivity index (χ0) is 19.8. The van der Waals surface area contributed by atoms with Gasteiger partial charge in [0.25, 0.3) is 0 Å². The Morgan fingerprint density at radius 1 is 0.857 bits per heavy atom. The van der Waals surface area contributed by atoms with Crippen LogP contribution in [0.1, 0.15) is 17.5 Å². The van der Waals surface area contributed by atoms with Gasteiger partial charge in [0.05, 0.1) is 6.42 Å². The van der Waals surface area contributed by atoms with Gasteiger partial charge < -0.3 is 4.90 Å². The number of anilines is 1. The van der Waals surface area contributed by atoms with Crippen LogP contribution >= 0.6 is 0 Å². The Morgan fingerprint density at radius 2 is 1.50 bits per heavy atom. The van der Waals surface area contributed by atoms with E-state index in [1.54, 1.807) is 0 Å². The standard InChI is InChI=1S/C22H28N4O2/c1-18-7-5-6-8-19(18)17-22(28)24-23-21(27)11-12-25-13-15-26(16-14-25)20-9-3-2-4-10-20/h2-10H,11-17H2,1H3,(H,23,27)(H,24,28). The molecule has 28 heavy (non-hydrogen) atoms. The van der Waals surface area contributed by atoms with Gasteiger partial charge in [-0.25, -0.2) is 0 Å². The highest BCUT2D eigenvalue weighted by atomic mass is 16.2. The van der Waals surface area contributed by atoms with Gasteiger partial charge in [-0.05, 0) is 30.2 Å². The summed E-state index contributed by atoms with van der Waals surface area (Å²) in [5.41, 5.74) is 8.31. The second-order valence-electron chi connectivity index (χ2n) is 7.11. The maximum Gasteiger partial charge on any atom is 0.242 e. The van der Waals surface area contributed by atoms with Crippen LogP contribution < -0.4 is 15.8 Å². The molecule has 2 amide bonds. The lowest BCUT2D eigenvalue weighted by Crippen LogP contribution is -2.48. The summed E-state index contributed by atoms with van der Waals surface area (Å²) in [5, 5.41) is 0. The average Bonchev–Trinajstić information content (AvgIpc) is 2.73. The number of aryl methyl sites for hydroxylation is 1. The first-order valence-corrected chi connectivity index (χ1v) is 9.76. The molecule has 1 aliphatic heterocycles. The predicted molar refractivity (Wildman–Crippen MR) is 111 cm³/mol. The third-order valence-electron chi connectivity index (χ3n) is 5.10. The highest BCUT2D eigenvalue weighted by Gasteiger charge is 2.17. The monoisotopic (exact) mass is 380 g/mol. The SMILES string of the molecule is Cc1ccccc1CC(=O)NNC(=O)CCN1CCN(c2ccccc2)CC1. The van der Waals surface area contributed by atoms with Crippen molar-refractivity contribution in [3.8, 4) is 0 Å². The Balaban J connectivity index is 1.33. The van der Waals surface area contributed by atoms with Gasteiger partial charge in [-0.2, -0.15) is 0 Å². The van der Waals surface area contributed by atoms with Crippen molar-refractivity contribution < 1.29 is 9.59 Å².